The highest BCUT2D eigenvalue weighted by Gasteiger charge is 2.77. The van der Waals surface area contributed by atoms with Gasteiger partial charge in [-0.3, -0.25) is 0 Å². The van der Waals surface area contributed by atoms with Gasteiger partial charge < -0.3 is 28.4 Å². The molecule has 0 aromatic carbocycles. The van der Waals surface area contributed by atoms with E-state index in [9.17, 15) is 13.2 Å². The van der Waals surface area contributed by atoms with Crippen LogP contribution < -0.4 is 0 Å². The van der Waals surface area contributed by atoms with Gasteiger partial charge in [-0.15, -0.1) is 0 Å². The Labute approximate surface area is 292 Å². The van der Waals surface area contributed by atoms with E-state index in [2.05, 4.69) is 6.92 Å². The number of ether oxygens (including phenoxy) is 6. The average molecular weight is 743 g/mol. The molecule has 0 radical (unpaired) electrons. The van der Waals surface area contributed by atoms with Crippen molar-refractivity contribution in [1.82, 2.24) is 0 Å². The van der Waals surface area contributed by atoms with Crippen LogP contribution in [0.2, 0.25) is 0 Å². The number of allylic oxidation sites excluding steroid dienone is 1. The van der Waals surface area contributed by atoms with E-state index in [-0.39, 0.29) is 42.3 Å². The van der Waals surface area contributed by atoms with Crippen molar-refractivity contribution in [2.45, 2.75) is 146 Å². The lowest BCUT2D eigenvalue weighted by Gasteiger charge is -2.62. The lowest BCUT2D eigenvalue weighted by atomic mass is 9.57. The maximum atomic E-state index is 15.2. The zero-order valence-electron chi connectivity index (χ0n) is 29.5. The molecule has 9 fully saturated rings. The highest BCUT2D eigenvalue weighted by Crippen LogP contribution is 2.65. The van der Waals surface area contributed by atoms with Crippen molar-refractivity contribution in [3.63, 3.8) is 0 Å². The normalized spacial score (nSPS) is 50.6. The molecule has 8 heterocycles. The van der Waals surface area contributed by atoms with E-state index in [1.807, 2.05) is 6.92 Å². The van der Waals surface area contributed by atoms with Crippen molar-refractivity contribution in [1.29, 1.82) is 0 Å². The summed E-state index contributed by atoms with van der Waals surface area (Å²) in [6.45, 7) is 7.73. The van der Waals surface area contributed by atoms with Crippen LogP contribution in [0.25, 0.3) is 0 Å². The first-order valence-electron chi connectivity index (χ1n) is 18.4. The van der Waals surface area contributed by atoms with Gasteiger partial charge in [0.15, 0.2) is 17.5 Å². The van der Waals surface area contributed by atoms with Crippen LogP contribution in [0.5, 0.6) is 0 Å². The summed E-state index contributed by atoms with van der Waals surface area (Å²) in [5, 5.41) is 0. The van der Waals surface area contributed by atoms with Gasteiger partial charge in [0.2, 0.25) is 23.6 Å². The maximum Gasteiger partial charge on any atom is 0.449 e. The molecule has 2 unspecified atom stereocenters. The van der Waals surface area contributed by atoms with Crippen molar-refractivity contribution in [2.24, 2.45) is 41.4 Å². The van der Waals surface area contributed by atoms with Gasteiger partial charge >= 0.3 is 12.4 Å². The van der Waals surface area contributed by atoms with Crippen LogP contribution in [-0.2, 0) is 48.0 Å². The summed E-state index contributed by atoms with van der Waals surface area (Å²) < 4.78 is 124. The maximum absolute atomic E-state index is 15.2. The summed E-state index contributed by atoms with van der Waals surface area (Å²) in [4.78, 5) is 23.4. The van der Waals surface area contributed by atoms with Gasteiger partial charge in [-0.1, -0.05) is 20.8 Å². The summed E-state index contributed by atoms with van der Waals surface area (Å²) in [6.07, 6.45) is -8.23. The quantitative estimate of drug-likeness (QED) is 0.148. The first-order chi connectivity index (χ1) is 23.9. The molecule has 16 heteroatoms. The monoisotopic (exact) mass is 742 g/mol. The highest BCUT2D eigenvalue weighted by atomic mass is 19.4. The summed E-state index contributed by atoms with van der Waals surface area (Å²) in [7, 11) is 0. The Hall–Kier alpha value is -1.24. The smallest absolute Gasteiger partial charge is 0.449 e. The van der Waals surface area contributed by atoms with Crippen LogP contribution in [0, 0.1) is 41.4 Å². The van der Waals surface area contributed by atoms with Crippen molar-refractivity contribution in [3.05, 3.63) is 11.3 Å². The number of hydrogen-bond donors (Lipinski definition) is 0. The first-order valence-corrected chi connectivity index (χ1v) is 18.4. The van der Waals surface area contributed by atoms with Gasteiger partial charge in [-0.2, -0.15) is 26.3 Å². The highest BCUT2D eigenvalue weighted by molar-refractivity contribution is 5.28. The second-order valence-electron chi connectivity index (χ2n) is 16.6. The lowest BCUT2D eigenvalue weighted by Crippen LogP contribution is -2.76. The van der Waals surface area contributed by atoms with Gasteiger partial charge in [-0.05, 0) is 76.5 Å². The molecule has 8 aliphatic heterocycles. The van der Waals surface area contributed by atoms with Gasteiger partial charge in [0.05, 0.1) is 13.2 Å². The van der Waals surface area contributed by atoms with E-state index >= 15 is 13.2 Å². The summed E-state index contributed by atoms with van der Waals surface area (Å²) >= 11 is 0. The minimum Gasteiger partial charge on any atom is -0.456 e. The molecule has 4 bridgehead atoms. The van der Waals surface area contributed by atoms with Crippen LogP contribution >= 0.6 is 0 Å². The zero-order valence-corrected chi connectivity index (χ0v) is 29.5. The molecule has 7 saturated heterocycles. The second kappa shape index (κ2) is 12.1. The Balaban J connectivity index is 0.982. The Bertz CT molecular complexity index is 1400. The molecule has 2 spiro atoms. The minimum atomic E-state index is -4.95. The molecule has 10 aliphatic rings. The SMILES string of the molecule is C[C@@H]1CC[C@H]2C(COCCCO[C@@]3(C(F)(F)F)O[C@@H]4O[C@]5(C)CCC6[C@H](C)CC[C@@H]([C@H]3C)[C@]64OO5)=C(C(F)(F)F)O[C@@H]3O[C@@]4(C)CCC1[C@]32OO4. The number of halogens is 6. The number of hydrogen-bond acceptors (Lipinski definition) is 10. The molecule has 51 heavy (non-hydrogen) atoms. The standard InChI is InChI=1S/C35H48F6O10/c1-18-7-9-24-20(3)33(35(39,40)41,47-28-31(24)22(18)11-14-30(5,46-28)49-50-31)43-16-6-15-42-17-21-25-10-8-19(2)23-12-13-29(4)45-27(32(23,25)51-48-29)44-26(21)34(36,37)38/h18-20,22-25,27-28H,6-17H2,1-5H3/t18-,19-,20-,22?,23?,24+,25+,27-,28+,29-,30+,31-,32-,33-/m1/s1. The Morgan fingerprint density at radius 3 is 1.94 bits per heavy atom. The van der Waals surface area contributed by atoms with Gasteiger partial charge in [-0.25, -0.2) is 19.6 Å². The van der Waals surface area contributed by atoms with Crippen molar-refractivity contribution < 1.29 is 74.3 Å². The molecule has 0 amide bonds. The fourth-order valence-corrected chi connectivity index (χ4v) is 11.0. The fraction of sp³-hybridized carbons (Fsp3) is 0.943. The van der Waals surface area contributed by atoms with E-state index in [1.165, 1.54) is 6.92 Å². The average Bonchev–Trinajstić information content (AvgIpc) is 3.42. The largest absolute Gasteiger partial charge is 0.456 e. The molecular formula is C35H48F6O10. The summed E-state index contributed by atoms with van der Waals surface area (Å²) in [6, 6.07) is 0. The summed E-state index contributed by atoms with van der Waals surface area (Å²) in [5.74, 6) is -9.35. The van der Waals surface area contributed by atoms with Crippen LogP contribution in [-0.4, -0.2) is 73.3 Å². The zero-order chi connectivity index (χ0) is 36.4. The van der Waals surface area contributed by atoms with E-state index in [1.54, 1.807) is 13.8 Å². The lowest BCUT2D eigenvalue weighted by molar-refractivity contribution is -0.598. The Kier molecular flexibility index (Phi) is 8.73. The van der Waals surface area contributed by atoms with Crippen LogP contribution in [0.15, 0.2) is 11.3 Å². The summed E-state index contributed by atoms with van der Waals surface area (Å²) in [5.41, 5.74) is -2.63. The molecule has 10 rings (SSSR count). The third-order valence-corrected chi connectivity index (χ3v) is 13.6. The fourth-order valence-electron chi connectivity index (χ4n) is 11.0. The molecule has 290 valence electrons. The van der Waals surface area contributed by atoms with Crippen molar-refractivity contribution in [3.8, 4) is 0 Å². The molecule has 2 aliphatic carbocycles. The molecular weight excluding hydrogens is 694 g/mol. The molecule has 0 aromatic heterocycles. The number of fused-ring (bicyclic) bond motifs is 4. The van der Waals surface area contributed by atoms with Gasteiger partial charge in [0.25, 0.3) is 5.79 Å². The van der Waals surface area contributed by atoms with Crippen LogP contribution in [0.3, 0.4) is 0 Å². The third-order valence-electron chi connectivity index (χ3n) is 13.6. The van der Waals surface area contributed by atoms with Gasteiger partial charge in [0.1, 0.15) is 0 Å². The van der Waals surface area contributed by atoms with Crippen LogP contribution in [0.4, 0.5) is 26.3 Å². The topological polar surface area (TPSA) is 92.3 Å². The predicted molar refractivity (Wildman–Crippen MR) is 160 cm³/mol. The molecule has 0 N–H and O–H groups in total. The minimum absolute atomic E-state index is 0.0547. The predicted octanol–water partition coefficient (Wildman–Crippen LogP) is 7.61. The van der Waals surface area contributed by atoms with Crippen molar-refractivity contribution in [2.75, 3.05) is 19.8 Å². The molecule has 0 aromatic rings. The van der Waals surface area contributed by atoms with E-state index < -0.39 is 90.2 Å². The second-order valence-corrected chi connectivity index (χ2v) is 16.6. The third kappa shape index (κ3) is 5.38. The first kappa shape index (κ1) is 36.7. The van der Waals surface area contributed by atoms with Gasteiger partial charge in [0, 0.05) is 48.7 Å². The molecule has 2 saturated carbocycles. The van der Waals surface area contributed by atoms with E-state index in [0.717, 1.165) is 0 Å². The Morgan fingerprint density at radius 2 is 1.29 bits per heavy atom. The van der Waals surface area contributed by atoms with E-state index in [4.69, 9.17) is 48.0 Å². The van der Waals surface area contributed by atoms with Crippen molar-refractivity contribution >= 4 is 0 Å². The van der Waals surface area contributed by atoms with Crippen LogP contribution in [0.1, 0.15) is 92.4 Å². The number of rotatable bonds is 7. The van der Waals surface area contributed by atoms with E-state index in [0.29, 0.717) is 51.4 Å². The number of alkyl halides is 6. The Morgan fingerprint density at radius 1 is 0.686 bits per heavy atom. The molecule has 14 atom stereocenters. The molecule has 10 nitrogen and oxygen atoms in total.